The third-order valence-corrected chi connectivity index (χ3v) is 14.6. The summed E-state index contributed by atoms with van der Waals surface area (Å²) in [6.45, 7) is 15.1. The summed E-state index contributed by atoms with van der Waals surface area (Å²) in [5, 5.41) is 14.3. The van der Waals surface area contributed by atoms with E-state index in [2.05, 4.69) is 111 Å². The molecule has 4 atom stereocenters. The van der Waals surface area contributed by atoms with Crippen LogP contribution in [-0.4, -0.2) is 48.6 Å². The Bertz CT molecular complexity index is 2410. The first-order valence-electron chi connectivity index (χ1n) is 22.6. The molecule has 3 heterocycles. The van der Waals surface area contributed by atoms with Gasteiger partial charge in [-0.25, -0.2) is 0 Å². The number of carboxylic acid groups (broad SMARTS) is 1. The maximum Gasteiger partial charge on any atom is 0.303 e. The summed E-state index contributed by atoms with van der Waals surface area (Å²) in [6.07, 6.45) is 14.4. The number of fused-ring (bicyclic) bond motifs is 7. The van der Waals surface area contributed by atoms with Crippen molar-refractivity contribution in [3.8, 4) is 0 Å². The van der Waals surface area contributed by atoms with E-state index in [1.165, 1.54) is 55.2 Å². The van der Waals surface area contributed by atoms with Crippen LogP contribution in [0.1, 0.15) is 134 Å². The third kappa shape index (κ3) is 8.75. The summed E-state index contributed by atoms with van der Waals surface area (Å²) in [4.78, 5) is 14.0. The van der Waals surface area contributed by atoms with E-state index in [-0.39, 0.29) is 24.4 Å². The van der Waals surface area contributed by atoms with Gasteiger partial charge in [-0.05, 0) is 120 Å². The van der Waals surface area contributed by atoms with E-state index in [9.17, 15) is 22.9 Å². The highest BCUT2D eigenvalue weighted by Crippen LogP contribution is 2.58. The van der Waals surface area contributed by atoms with Crippen molar-refractivity contribution in [3.63, 3.8) is 0 Å². The Labute approximate surface area is 358 Å². The zero-order valence-electron chi connectivity index (χ0n) is 36.3. The van der Waals surface area contributed by atoms with Gasteiger partial charge in [0.05, 0.1) is 18.0 Å². The molecule has 0 bridgehead atoms. The van der Waals surface area contributed by atoms with Crippen molar-refractivity contribution in [2.24, 2.45) is 0 Å². The second kappa shape index (κ2) is 18.4. The molecule has 4 aromatic carbocycles. The molecular formula is C52H65NO6S. The molecule has 0 saturated heterocycles. The number of carbonyl (C=O) groups is 1. The Kier molecular flexibility index (Phi) is 13.4. The highest BCUT2D eigenvalue weighted by Gasteiger charge is 2.50. The highest BCUT2D eigenvalue weighted by molar-refractivity contribution is 7.85. The molecule has 7 nitrogen and oxygen atoms in total. The molecule has 0 spiro atoms. The van der Waals surface area contributed by atoms with Gasteiger partial charge in [0.25, 0.3) is 10.1 Å². The van der Waals surface area contributed by atoms with Gasteiger partial charge < -0.3 is 14.7 Å². The summed E-state index contributed by atoms with van der Waals surface area (Å²) in [5.41, 5.74) is 8.92. The van der Waals surface area contributed by atoms with E-state index in [0.717, 1.165) is 88.3 Å². The second-order valence-corrected chi connectivity index (χ2v) is 19.6. The summed E-state index contributed by atoms with van der Waals surface area (Å²) in [5.74, 6) is -1.00. The standard InChI is InChI=1S/C52H65NO6S/c1-6-8-10-22-39-27-26-37-20-12-14-23-40(37)48(39)51(4,31-16-9-11-25-47(54)55)36(3)42-35-43-46(59-45(42)19-7-2)30-33-53-44-29-28-38-21-13-15-24-41(38)49(44)52(5,50(43)53)32-17-18-34-60(56,57)58/h12-15,20-21,23-24,26-29,35,45-46H,3,6-11,16-19,22,25,30-34H2,1-2,4-5H3,(H,54,55)(H,56,57,58). The molecule has 2 N–H and O–H groups in total. The van der Waals surface area contributed by atoms with Crippen LogP contribution in [0.4, 0.5) is 5.69 Å². The van der Waals surface area contributed by atoms with Crippen LogP contribution in [0.3, 0.4) is 0 Å². The minimum absolute atomic E-state index is 0.0912. The van der Waals surface area contributed by atoms with E-state index in [4.69, 9.17) is 11.3 Å². The molecule has 0 radical (unpaired) electrons. The smallest absolute Gasteiger partial charge is 0.303 e. The average molecular weight is 832 g/mol. The second-order valence-electron chi connectivity index (χ2n) is 18.0. The fourth-order valence-corrected chi connectivity index (χ4v) is 11.5. The van der Waals surface area contributed by atoms with E-state index in [1.54, 1.807) is 0 Å². The van der Waals surface area contributed by atoms with E-state index < -0.39 is 26.9 Å². The first kappa shape index (κ1) is 43.8. The topological polar surface area (TPSA) is 104 Å². The Morgan fingerprint density at radius 2 is 1.62 bits per heavy atom. The highest BCUT2D eigenvalue weighted by atomic mass is 32.2. The van der Waals surface area contributed by atoms with Crippen molar-refractivity contribution in [1.82, 2.24) is 0 Å². The quantitative estimate of drug-likeness (QED) is 0.0675. The predicted octanol–water partition coefficient (Wildman–Crippen LogP) is 12.6. The maximum atomic E-state index is 11.8. The van der Waals surface area contributed by atoms with Crippen molar-refractivity contribution in [2.45, 2.75) is 147 Å². The summed E-state index contributed by atoms with van der Waals surface area (Å²) < 4.78 is 40.6. The van der Waals surface area contributed by atoms with Crippen molar-refractivity contribution < 1.29 is 27.6 Å². The van der Waals surface area contributed by atoms with Crippen molar-refractivity contribution in [3.05, 3.63) is 125 Å². The van der Waals surface area contributed by atoms with Gasteiger partial charge >= 0.3 is 5.97 Å². The van der Waals surface area contributed by atoms with Crippen LogP contribution in [0.5, 0.6) is 0 Å². The number of hydrogen-bond donors (Lipinski definition) is 2. The van der Waals surface area contributed by atoms with Crippen LogP contribution in [0, 0.1) is 0 Å². The zero-order chi connectivity index (χ0) is 42.7. The van der Waals surface area contributed by atoms with Gasteiger partial charge in [-0.3, -0.25) is 9.35 Å². The molecule has 0 amide bonds. The lowest BCUT2D eigenvalue weighted by Crippen LogP contribution is -2.43. The van der Waals surface area contributed by atoms with Crippen molar-refractivity contribution in [1.29, 1.82) is 0 Å². The SMILES string of the molecule is C=C(C1=CC2=C3N(CCC2OC1CCC)c1ccc2ccccc2c1C3(C)CCCCS(=O)(=O)O)C(C)(CCCCCC(=O)O)c1c(CCCCC)ccc2ccccc12. The minimum Gasteiger partial charge on any atom is -0.481 e. The lowest BCUT2D eigenvalue weighted by atomic mass is 9.65. The number of anilines is 1. The number of benzene rings is 4. The molecule has 4 aromatic rings. The van der Waals surface area contributed by atoms with Crippen LogP contribution in [0.15, 0.2) is 108 Å². The number of nitrogens with zero attached hydrogens (tertiary/aromatic N) is 1. The molecule has 7 rings (SSSR count). The summed E-state index contributed by atoms with van der Waals surface area (Å²) in [7, 11) is -4.07. The van der Waals surface area contributed by atoms with Gasteiger partial charge in [-0.2, -0.15) is 8.42 Å². The van der Waals surface area contributed by atoms with Gasteiger partial charge in [0.1, 0.15) is 0 Å². The minimum atomic E-state index is -4.07. The number of aliphatic carboxylic acids is 1. The summed E-state index contributed by atoms with van der Waals surface area (Å²) >= 11 is 0. The lowest BCUT2D eigenvalue weighted by Gasteiger charge is -2.45. The number of aryl methyl sites for hydroxylation is 1. The molecule has 4 unspecified atom stereocenters. The van der Waals surface area contributed by atoms with E-state index in [1.807, 2.05) is 0 Å². The number of rotatable bonds is 20. The van der Waals surface area contributed by atoms with Gasteiger partial charge in [0, 0.05) is 40.8 Å². The van der Waals surface area contributed by atoms with Crippen LogP contribution in [0.25, 0.3) is 21.5 Å². The van der Waals surface area contributed by atoms with Gasteiger partial charge in [-0.15, -0.1) is 0 Å². The largest absolute Gasteiger partial charge is 0.481 e. The number of allylic oxidation sites excluding steroid dienone is 1. The number of carboxylic acids is 1. The molecule has 0 fully saturated rings. The predicted molar refractivity (Wildman–Crippen MR) is 247 cm³/mol. The number of ether oxygens (including phenoxy) is 1. The van der Waals surface area contributed by atoms with Gasteiger partial charge in [0.2, 0.25) is 0 Å². The Morgan fingerprint density at radius 1 is 0.900 bits per heavy atom. The lowest BCUT2D eigenvalue weighted by molar-refractivity contribution is -0.137. The Morgan fingerprint density at radius 3 is 2.33 bits per heavy atom. The first-order valence-corrected chi connectivity index (χ1v) is 24.2. The van der Waals surface area contributed by atoms with Crippen LogP contribution in [0.2, 0.25) is 0 Å². The number of hydrogen-bond acceptors (Lipinski definition) is 5. The molecule has 3 aliphatic heterocycles. The maximum absolute atomic E-state index is 11.8. The van der Waals surface area contributed by atoms with Gasteiger partial charge in [0.15, 0.2) is 0 Å². The van der Waals surface area contributed by atoms with Crippen molar-refractivity contribution >= 4 is 43.3 Å². The van der Waals surface area contributed by atoms with Gasteiger partial charge in [-0.1, -0.05) is 133 Å². The Balaban J connectivity index is 1.41. The molecule has 3 aliphatic rings. The molecular weight excluding hydrogens is 767 g/mol. The van der Waals surface area contributed by atoms with Crippen LogP contribution < -0.4 is 4.90 Å². The fourth-order valence-electron chi connectivity index (χ4n) is 10.9. The Hall–Kier alpha value is -4.24. The average Bonchev–Trinajstić information content (AvgIpc) is 3.49. The molecule has 8 heteroatoms. The fraction of sp³-hybridized carbons (Fsp3) is 0.481. The molecule has 0 aliphatic carbocycles. The summed E-state index contributed by atoms with van der Waals surface area (Å²) in [6, 6.07) is 26.4. The third-order valence-electron chi connectivity index (χ3n) is 13.8. The van der Waals surface area contributed by atoms with E-state index in [0.29, 0.717) is 19.3 Å². The molecule has 320 valence electrons. The van der Waals surface area contributed by atoms with Crippen LogP contribution in [-0.2, 0) is 36.9 Å². The van der Waals surface area contributed by atoms with E-state index >= 15 is 0 Å². The molecule has 60 heavy (non-hydrogen) atoms. The zero-order valence-corrected chi connectivity index (χ0v) is 37.1. The molecule has 0 saturated carbocycles. The normalized spacial score (nSPS) is 21.1. The monoisotopic (exact) mass is 831 g/mol. The first-order chi connectivity index (χ1) is 28.8. The van der Waals surface area contributed by atoms with Crippen LogP contribution >= 0.6 is 0 Å². The number of unbranched alkanes of at least 4 members (excludes halogenated alkanes) is 5. The van der Waals surface area contributed by atoms with Crippen molar-refractivity contribution in [2.75, 3.05) is 17.2 Å². The molecule has 0 aromatic heterocycles.